The van der Waals surface area contributed by atoms with Crippen LogP contribution in [0.5, 0.6) is 5.75 Å². The summed E-state index contributed by atoms with van der Waals surface area (Å²) in [7, 11) is 1.66. The second kappa shape index (κ2) is 9.78. The number of methoxy groups -OCH3 is 1. The van der Waals surface area contributed by atoms with Gasteiger partial charge in [0.1, 0.15) is 17.9 Å². The van der Waals surface area contributed by atoms with Crippen molar-refractivity contribution in [2.45, 2.75) is 20.8 Å². The molecule has 0 spiro atoms. The number of fused-ring (bicyclic) bond motifs is 3. The quantitative estimate of drug-likeness (QED) is 0.392. The molecule has 3 rings (SSSR count). The Morgan fingerprint density at radius 2 is 1.29 bits per heavy atom. The fraction of sp³-hybridized carbons (Fsp3) is 0.455. The largest absolute Gasteiger partial charge is 0.490 e. The number of hydrogen-bond acceptors (Lipinski definition) is 6. The van der Waals surface area contributed by atoms with Gasteiger partial charge in [-0.3, -0.25) is 9.97 Å². The molecular weight excluding hydrogens is 356 g/mol. The summed E-state index contributed by atoms with van der Waals surface area (Å²) in [6, 6.07) is 8.22. The molecule has 0 radical (unpaired) electrons. The van der Waals surface area contributed by atoms with Crippen molar-refractivity contribution in [3.05, 3.63) is 41.2 Å². The number of rotatable bonds is 10. The molecule has 0 aliphatic rings. The number of ether oxygens (including phenoxy) is 4. The molecule has 1 aromatic carbocycles. The highest BCUT2D eigenvalue weighted by molar-refractivity contribution is 6.06. The van der Waals surface area contributed by atoms with Gasteiger partial charge >= 0.3 is 0 Å². The Morgan fingerprint density at radius 3 is 2.00 bits per heavy atom. The molecule has 3 aromatic rings. The summed E-state index contributed by atoms with van der Waals surface area (Å²) in [5.41, 5.74) is 4.91. The van der Waals surface area contributed by atoms with Gasteiger partial charge in [-0.15, -0.1) is 0 Å². The fourth-order valence-corrected chi connectivity index (χ4v) is 3.19. The van der Waals surface area contributed by atoms with E-state index >= 15 is 0 Å². The molecule has 0 aliphatic heterocycles. The molecule has 0 N–H and O–H groups in total. The molecule has 0 saturated heterocycles. The number of hydrogen-bond donors (Lipinski definition) is 0. The van der Waals surface area contributed by atoms with Crippen molar-refractivity contribution >= 4 is 21.8 Å². The third kappa shape index (κ3) is 4.95. The predicted molar refractivity (Wildman–Crippen MR) is 110 cm³/mol. The van der Waals surface area contributed by atoms with Gasteiger partial charge in [0, 0.05) is 35.3 Å². The number of nitrogens with zero attached hydrogens (tertiary/aromatic N) is 2. The van der Waals surface area contributed by atoms with Gasteiger partial charge in [-0.1, -0.05) is 6.07 Å². The highest BCUT2D eigenvalue weighted by atomic mass is 16.6. The van der Waals surface area contributed by atoms with Crippen LogP contribution in [-0.2, 0) is 14.2 Å². The highest BCUT2D eigenvalue weighted by Crippen LogP contribution is 2.31. The van der Waals surface area contributed by atoms with Gasteiger partial charge in [0.25, 0.3) is 0 Å². The van der Waals surface area contributed by atoms with Crippen LogP contribution in [0.4, 0.5) is 0 Å². The molecule has 0 bridgehead atoms. The number of aromatic nitrogens is 2. The molecule has 0 saturated carbocycles. The van der Waals surface area contributed by atoms with Gasteiger partial charge in [-0.2, -0.15) is 0 Å². The molecule has 0 fully saturated rings. The summed E-state index contributed by atoms with van der Waals surface area (Å²) >= 11 is 0. The first-order valence-electron chi connectivity index (χ1n) is 9.55. The van der Waals surface area contributed by atoms with Crippen molar-refractivity contribution in [3.8, 4) is 5.75 Å². The molecular formula is C22H28N2O4. The Morgan fingerprint density at radius 1 is 0.714 bits per heavy atom. The molecule has 2 aromatic heterocycles. The lowest BCUT2D eigenvalue weighted by Gasteiger charge is -2.13. The van der Waals surface area contributed by atoms with E-state index in [1.807, 2.05) is 19.9 Å². The topological polar surface area (TPSA) is 62.7 Å². The monoisotopic (exact) mass is 384 g/mol. The van der Waals surface area contributed by atoms with E-state index in [1.54, 1.807) is 7.11 Å². The van der Waals surface area contributed by atoms with E-state index in [-0.39, 0.29) is 0 Å². The first-order chi connectivity index (χ1) is 13.6. The maximum atomic E-state index is 6.00. The second-order valence-electron chi connectivity index (χ2n) is 6.77. The van der Waals surface area contributed by atoms with E-state index in [9.17, 15) is 0 Å². The second-order valence-corrected chi connectivity index (χ2v) is 6.77. The standard InChI is InChI=1S/C22H28N2O4/c1-15-13-16(2)23-21-18(15)5-6-19-20(14-17(3)24-22(19)21)28-12-11-27-10-9-26-8-7-25-4/h5-6,13-14H,7-12H2,1-4H3. The van der Waals surface area contributed by atoms with Crippen molar-refractivity contribution < 1.29 is 18.9 Å². The summed E-state index contributed by atoms with van der Waals surface area (Å²) in [5, 5.41) is 2.09. The van der Waals surface area contributed by atoms with E-state index in [0.29, 0.717) is 39.6 Å². The van der Waals surface area contributed by atoms with Gasteiger partial charge < -0.3 is 18.9 Å². The van der Waals surface area contributed by atoms with Crippen LogP contribution in [0.2, 0.25) is 0 Å². The van der Waals surface area contributed by atoms with Crippen LogP contribution in [0.1, 0.15) is 17.0 Å². The van der Waals surface area contributed by atoms with Crippen molar-refractivity contribution in [2.24, 2.45) is 0 Å². The Bertz CT molecular complexity index is 943. The first-order valence-corrected chi connectivity index (χ1v) is 9.55. The summed E-state index contributed by atoms with van der Waals surface area (Å²) in [5.74, 6) is 0.810. The number of benzene rings is 1. The Labute approximate surface area is 165 Å². The average Bonchev–Trinajstić information content (AvgIpc) is 2.66. The maximum absolute atomic E-state index is 6.00. The third-order valence-electron chi connectivity index (χ3n) is 4.47. The van der Waals surface area contributed by atoms with Crippen LogP contribution in [-0.4, -0.2) is 56.7 Å². The molecule has 0 amide bonds. The van der Waals surface area contributed by atoms with Crippen LogP contribution >= 0.6 is 0 Å². The van der Waals surface area contributed by atoms with Crippen molar-refractivity contribution in [2.75, 3.05) is 46.8 Å². The zero-order valence-electron chi connectivity index (χ0n) is 17.1. The summed E-state index contributed by atoms with van der Waals surface area (Å²) in [6.45, 7) is 9.32. The van der Waals surface area contributed by atoms with Gasteiger partial charge in [-0.25, -0.2) is 0 Å². The lowest BCUT2D eigenvalue weighted by molar-refractivity contribution is 0.0180. The summed E-state index contributed by atoms with van der Waals surface area (Å²) < 4.78 is 21.9. The van der Waals surface area contributed by atoms with Crippen LogP contribution in [0.3, 0.4) is 0 Å². The average molecular weight is 384 g/mol. The minimum Gasteiger partial charge on any atom is -0.490 e. The molecule has 6 nitrogen and oxygen atoms in total. The van der Waals surface area contributed by atoms with Crippen LogP contribution in [0.25, 0.3) is 21.8 Å². The lowest BCUT2D eigenvalue weighted by Crippen LogP contribution is -2.12. The fourth-order valence-electron chi connectivity index (χ4n) is 3.19. The van der Waals surface area contributed by atoms with E-state index in [1.165, 1.54) is 5.56 Å². The van der Waals surface area contributed by atoms with Crippen LogP contribution in [0.15, 0.2) is 24.3 Å². The molecule has 2 heterocycles. The van der Waals surface area contributed by atoms with E-state index in [0.717, 1.165) is 38.9 Å². The number of pyridine rings is 2. The van der Waals surface area contributed by atoms with Gasteiger partial charge in [0.05, 0.1) is 38.6 Å². The molecule has 0 unspecified atom stereocenters. The zero-order chi connectivity index (χ0) is 19.9. The molecule has 150 valence electrons. The Balaban J connectivity index is 1.68. The smallest absolute Gasteiger partial charge is 0.130 e. The van der Waals surface area contributed by atoms with Crippen molar-refractivity contribution in [3.63, 3.8) is 0 Å². The number of aryl methyl sites for hydroxylation is 3. The third-order valence-corrected chi connectivity index (χ3v) is 4.47. The predicted octanol–water partition coefficient (Wildman–Crippen LogP) is 3.77. The lowest BCUT2D eigenvalue weighted by atomic mass is 10.0. The van der Waals surface area contributed by atoms with E-state index < -0.39 is 0 Å². The van der Waals surface area contributed by atoms with Crippen molar-refractivity contribution in [1.29, 1.82) is 0 Å². The highest BCUT2D eigenvalue weighted by Gasteiger charge is 2.11. The Kier molecular flexibility index (Phi) is 7.14. The van der Waals surface area contributed by atoms with Gasteiger partial charge in [-0.05, 0) is 38.5 Å². The van der Waals surface area contributed by atoms with Gasteiger partial charge in [0.2, 0.25) is 0 Å². The zero-order valence-corrected chi connectivity index (χ0v) is 17.1. The summed E-state index contributed by atoms with van der Waals surface area (Å²) in [4.78, 5) is 9.47. The minimum atomic E-state index is 0.467. The van der Waals surface area contributed by atoms with Crippen LogP contribution < -0.4 is 4.74 Å². The van der Waals surface area contributed by atoms with E-state index in [2.05, 4.69) is 25.1 Å². The first kappa shape index (κ1) is 20.5. The van der Waals surface area contributed by atoms with E-state index in [4.69, 9.17) is 28.9 Å². The van der Waals surface area contributed by atoms with Crippen molar-refractivity contribution in [1.82, 2.24) is 9.97 Å². The van der Waals surface area contributed by atoms with Gasteiger partial charge in [0.15, 0.2) is 0 Å². The minimum absolute atomic E-state index is 0.467. The normalized spacial score (nSPS) is 11.4. The Hall–Kier alpha value is -2.28. The summed E-state index contributed by atoms with van der Waals surface area (Å²) in [6.07, 6.45) is 0. The molecule has 0 atom stereocenters. The maximum Gasteiger partial charge on any atom is 0.130 e. The molecule has 0 aliphatic carbocycles. The molecule has 28 heavy (non-hydrogen) atoms. The molecule has 6 heteroatoms. The van der Waals surface area contributed by atoms with Crippen LogP contribution in [0, 0.1) is 20.8 Å². The SMILES string of the molecule is COCCOCCOCCOc1cc(C)nc2c1ccc1c(C)cc(C)nc12.